The minimum absolute atomic E-state index is 0.101. The molecule has 2 aromatic heterocycles. The molecule has 3 aromatic rings. The van der Waals surface area contributed by atoms with E-state index in [1.807, 2.05) is 48.2 Å². The summed E-state index contributed by atoms with van der Waals surface area (Å²) in [5, 5.41) is 9.21. The maximum Gasteiger partial charge on any atom is 0.261 e. The van der Waals surface area contributed by atoms with E-state index in [-0.39, 0.29) is 18.7 Å². The predicted molar refractivity (Wildman–Crippen MR) is 105 cm³/mol. The third-order valence-electron chi connectivity index (χ3n) is 4.47. The number of carbonyl (C=O) groups excluding carboxylic acids is 1. The third-order valence-corrected chi connectivity index (χ3v) is 5.45. The molecule has 0 fully saturated rings. The van der Waals surface area contributed by atoms with Gasteiger partial charge in [-0.05, 0) is 43.5 Å². The average molecular weight is 399 g/mol. The van der Waals surface area contributed by atoms with Crippen molar-refractivity contribution in [3.05, 3.63) is 58.0 Å². The van der Waals surface area contributed by atoms with Crippen molar-refractivity contribution in [2.45, 2.75) is 33.0 Å². The first-order valence-electron chi connectivity index (χ1n) is 9.06. The van der Waals surface area contributed by atoms with Gasteiger partial charge in [0.2, 0.25) is 6.79 Å². The minimum Gasteiger partial charge on any atom is -0.489 e. The first kappa shape index (κ1) is 18.4. The third kappa shape index (κ3) is 3.82. The van der Waals surface area contributed by atoms with Crippen LogP contribution in [0, 0.1) is 0 Å². The Hall–Kier alpha value is -3.00. The number of aromatic nitrogens is 2. The van der Waals surface area contributed by atoms with Crippen LogP contribution in [0.5, 0.6) is 17.2 Å². The molecule has 0 aliphatic carbocycles. The molecular formula is C20H21N3O4S. The van der Waals surface area contributed by atoms with Crippen LogP contribution < -0.4 is 19.5 Å². The van der Waals surface area contributed by atoms with Gasteiger partial charge >= 0.3 is 0 Å². The molecule has 3 heterocycles. The molecule has 0 spiro atoms. The quantitative estimate of drug-likeness (QED) is 0.655. The topological polar surface area (TPSA) is 74.6 Å². The number of thiophene rings is 1. The van der Waals surface area contributed by atoms with Gasteiger partial charge in [0, 0.05) is 24.4 Å². The van der Waals surface area contributed by atoms with Crippen LogP contribution in [0.15, 0.2) is 41.9 Å². The number of fused-ring (bicyclic) bond motifs is 1. The summed E-state index contributed by atoms with van der Waals surface area (Å²) in [4.78, 5) is 13.2. The number of benzene rings is 1. The number of carbonyl (C=O) groups is 1. The van der Waals surface area contributed by atoms with Crippen molar-refractivity contribution in [3.8, 4) is 17.2 Å². The van der Waals surface area contributed by atoms with Crippen LogP contribution in [-0.2, 0) is 13.2 Å². The fourth-order valence-corrected chi connectivity index (χ4v) is 3.82. The zero-order chi connectivity index (χ0) is 19.5. The summed E-state index contributed by atoms with van der Waals surface area (Å²) in [6.07, 6.45) is 1.75. The number of hydrogen-bond acceptors (Lipinski definition) is 6. The number of nitrogens with zero attached hydrogens (tertiary/aromatic N) is 2. The van der Waals surface area contributed by atoms with Crippen LogP contribution in [0.25, 0.3) is 0 Å². The highest BCUT2D eigenvalue weighted by Gasteiger charge is 2.17. The second-order valence-electron chi connectivity index (χ2n) is 6.39. The Morgan fingerprint density at radius 1 is 1.32 bits per heavy atom. The molecule has 0 saturated heterocycles. The standard InChI is InChI=1S/C20H21N3O4S/c1-3-23-16(6-7-21-23)13(2)22-20(24)19-8-14(11-28-19)10-25-15-4-5-17-18(9-15)27-12-26-17/h4-9,11,13H,3,10,12H2,1-2H3,(H,22,24). The summed E-state index contributed by atoms with van der Waals surface area (Å²) in [6.45, 7) is 5.36. The van der Waals surface area contributed by atoms with Crippen LogP contribution >= 0.6 is 11.3 Å². The van der Waals surface area contributed by atoms with Gasteiger partial charge < -0.3 is 19.5 Å². The Morgan fingerprint density at radius 3 is 3.04 bits per heavy atom. The lowest BCUT2D eigenvalue weighted by Crippen LogP contribution is -2.27. The highest BCUT2D eigenvalue weighted by molar-refractivity contribution is 7.12. The maximum absolute atomic E-state index is 12.6. The Morgan fingerprint density at radius 2 is 2.18 bits per heavy atom. The van der Waals surface area contributed by atoms with Gasteiger partial charge in [-0.2, -0.15) is 5.10 Å². The summed E-state index contributed by atoms with van der Waals surface area (Å²) in [5.74, 6) is 2.00. The van der Waals surface area contributed by atoms with Gasteiger partial charge in [0.15, 0.2) is 11.5 Å². The molecule has 4 rings (SSSR count). The molecule has 7 nitrogen and oxygen atoms in total. The monoisotopic (exact) mass is 399 g/mol. The van der Waals surface area contributed by atoms with E-state index in [1.54, 1.807) is 12.3 Å². The van der Waals surface area contributed by atoms with E-state index in [0.29, 0.717) is 23.0 Å². The van der Waals surface area contributed by atoms with Crippen LogP contribution in [0.3, 0.4) is 0 Å². The first-order valence-corrected chi connectivity index (χ1v) is 9.94. The van der Waals surface area contributed by atoms with E-state index in [2.05, 4.69) is 10.4 Å². The van der Waals surface area contributed by atoms with Crippen molar-refractivity contribution in [2.24, 2.45) is 0 Å². The molecular weight excluding hydrogens is 378 g/mol. The Bertz CT molecular complexity index is 981. The summed E-state index contributed by atoms with van der Waals surface area (Å²) < 4.78 is 18.3. The summed E-state index contributed by atoms with van der Waals surface area (Å²) in [7, 11) is 0. The second kappa shape index (κ2) is 7.93. The molecule has 1 N–H and O–H groups in total. The lowest BCUT2D eigenvalue weighted by Gasteiger charge is -2.14. The fraction of sp³-hybridized carbons (Fsp3) is 0.300. The van der Waals surface area contributed by atoms with E-state index >= 15 is 0 Å². The normalized spacial score (nSPS) is 13.4. The molecule has 1 aliphatic heterocycles. The Balaban J connectivity index is 1.35. The molecule has 8 heteroatoms. The zero-order valence-electron chi connectivity index (χ0n) is 15.7. The van der Waals surface area contributed by atoms with Gasteiger partial charge in [-0.15, -0.1) is 11.3 Å². The average Bonchev–Trinajstić information content (AvgIpc) is 3.45. The summed E-state index contributed by atoms with van der Waals surface area (Å²) in [6, 6.07) is 9.13. The van der Waals surface area contributed by atoms with Gasteiger partial charge in [0.05, 0.1) is 16.6 Å². The van der Waals surface area contributed by atoms with Crippen molar-refractivity contribution in [3.63, 3.8) is 0 Å². The molecule has 0 bridgehead atoms. The molecule has 0 saturated carbocycles. The molecule has 1 atom stereocenters. The van der Waals surface area contributed by atoms with E-state index < -0.39 is 0 Å². The van der Waals surface area contributed by atoms with Crippen LogP contribution in [0.4, 0.5) is 0 Å². The maximum atomic E-state index is 12.6. The number of ether oxygens (including phenoxy) is 3. The lowest BCUT2D eigenvalue weighted by atomic mass is 10.2. The number of rotatable bonds is 7. The van der Waals surface area contributed by atoms with Crippen LogP contribution in [0.2, 0.25) is 0 Å². The van der Waals surface area contributed by atoms with Gasteiger partial charge in [-0.25, -0.2) is 0 Å². The summed E-state index contributed by atoms with van der Waals surface area (Å²) in [5.41, 5.74) is 1.93. The SMILES string of the molecule is CCn1nccc1C(C)NC(=O)c1cc(COc2ccc3c(c2)OCO3)cs1. The first-order chi connectivity index (χ1) is 13.6. The van der Waals surface area contributed by atoms with Gasteiger partial charge in [0.1, 0.15) is 12.4 Å². The second-order valence-corrected chi connectivity index (χ2v) is 7.30. The number of nitrogens with one attached hydrogen (secondary N) is 1. The lowest BCUT2D eigenvalue weighted by molar-refractivity contribution is 0.0942. The van der Waals surface area contributed by atoms with E-state index in [9.17, 15) is 4.79 Å². The minimum atomic E-state index is -0.120. The molecule has 28 heavy (non-hydrogen) atoms. The van der Waals surface area contributed by atoms with Gasteiger partial charge in [-0.1, -0.05) is 0 Å². The highest BCUT2D eigenvalue weighted by Crippen LogP contribution is 2.35. The van der Waals surface area contributed by atoms with Crippen molar-refractivity contribution >= 4 is 17.2 Å². The number of aryl methyl sites for hydroxylation is 1. The zero-order valence-corrected chi connectivity index (χ0v) is 16.5. The van der Waals surface area contributed by atoms with E-state index in [0.717, 1.165) is 23.6 Å². The predicted octanol–water partition coefficient (Wildman–Crippen LogP) is 3.76. The van der Waals surface area contributed by atoms with E-state index in [4.69, 9.17) is 14.2 Å². The molecule has 0 radical (unpaired) electrons. The molecule has 1 unspecified atom stereocenters. The van der Waals surface area contributed by atoms with Crippen LogP contribution in [0.1, 0.15) is 40.8 Å². The number of hydrogen-bond donors (Lipinski definition) is 1. The smallest absolute Gasteiger partial charge is 0.261 e. The van der Waals surface area contributed by atoms with E-state index in [1.165, 1.54) is 11.3 Å². The van der Waals surface area contributed by atoms with Crippen molar-refractivity contribution in [1.29, 1.82) is 0 Å². The van der Waals surface area contributed by atoms with Gasteiger partial charge in [0.25, 0.3) is 5.91 Å². The molecule has 1 aromatic carbocycles. The highest BCUT2D eigenvalue weighted by atomic mass is 32.1. The molecule has 1 aliphatic rings. The van der Waals surface area contributed by atoms with Crippen molar-refractivity contribution in [1.82, 2.24) is 15.1 Å². The fourth-order valence-electron chi connectivity index (χ4n) is 3.02. The largest absolute Gasteiger partial charge is 0.489 e. The van der Waals surface area contributed by atoms with Crippen LogP contribution in [-0.4, -0.2) is 22.5 Å². The number of amides is 1. The van der Waals surface area contributed by atoms with Crippen molar-refractivity contribution < 1.29 is 19.0 Å². The Labute approximate surface area is 166 Å². The molecule has 146 valence electrons. The Kier molecular flexibility index (Phi) is 5.21. The molecule has 1 amide bonds. The summed E-state index contributed by atoms with van der Waals surface area (Å²) >= 11 is 1.40. The van der Waals surface area contributed by atoms with Gasteiger partial charge in [-0.3, -0.25) is 9.48 Å². The van der Waals surface area contributed by atoms with Crippen molar-refractivity contribution in [2.75, 3.05) is 6.79 Å².